The highest BCUT2D eigenvalue weighted by atomic mass is 35.5. The molecule has 0 radical (unpaired) electrons. The number of carbonyl (C=O) groups is 2. The number of oxazole rings is 1. The summed E-state index contributed by atoms with van der Waals surface area (Å²) in [6, 6.07) is 11.4. The van der Waals surface area contributed by atoms with Crippen LogP contribution in [0.15, 0.2) is 51.9 Å². The summed E-state index contributed by atoms with van der Waals surface area (Å²) in [4.78, 5) is 32.2. The number of aliphatic carboxylic acids is 1. The third-order valence-electron chi connectivity index (χ3n) is 5.30. The van der Waals surface area contributed by atoms with E-state index in [-0.39, 0.29) is 18.3 Å². The van der Waals surface area contributed by atoms with Gasteiger partial charge in [-0.3, -0.25) is 15.1 Å². The second-order valence-electron chi connectivity index (χ2n) is 8.00. The summed E-state index contributed by atoms with van der Waals surface area (Å²) < 4.78 is 11.3. The van der Waals surface area contributed by atoms with E-state index in [1.54, 1.807) is 42.5 Å². The van der Waals surface area contributed by atoms with Crippen LogP contribution in [0.4, 0.5) is 6.01 Å². The van der Waals surface area contributed by atoms with Crippen molar-refractivity contribution in [2.24, 2.45) is 4.99 Å². The van der Waals surface area contributed by atoms with Gasteiger partial charge in [0.1, 0.15) is 17.3 Å². The van der Waals surface area contributed by atoms with Crippen LogP contribution in [0.2, 0.25) is 5.02 Å². The second kappa shape index (κ2) is 11.6. The number of ether oxygens (including phenoxy) is 1. The number of amides is 1. The van der Waals surface area contributed by atoms with Gasteiger partial charge in [-0.25, -0.2) is 4.79 Å². The van der Waals surface area contributed by atoms with Gasteiger partial charge in [0.15, 0.2) is 11.5 Å². The smallest absolute Gasteiger partial charge is 0.326 e. The molecule has 0 unspecified atom stereocenters. The highest BCUT2D eigenvalue weighted by Crippen LogP contribution is 2.26. The van der Waals surface area contributed by atoms with Gasteiger partial charge in [0.05, 0.1) is 11.6 Å². The van der Waals surface area contributed by atoms with Crippen molar-refractivity contribution >= 4 is 46.6 Å². The molecule has 2 aromatic carbocycles. The maximum absolute atomic E-state index is 12.0. The Balaban J connectivity index is 1.24. The van der Waals surface area contributed by atoms with E-state index in [2.05, 4.69) is 25.9 Å². The minimum atomic E-state index is -1.04. The second-order valence-corrected chi connectivity index (χ2v) is 8.41. The monoisotopic (exact) mass is 499 g/mol. The van der Waals surface area contributed by atoms with Gasteiger partial charge < -0.3 is 24.9 Å². The number of carbonyl (C=O) groups excluding carboxylic acids is 1. The molecule has 2 heterocycles. The number of anilines is 1. The number of guanidine groups is 1. The number of aliphatic imine (C=N–C) groups is 1. The quantitative estimate of drug-likeness (QED) is 0.312. The Labute approximate surface area is 206 Å². The number of hydrogen-bond donors (Lipinski definition) is 4. The average molecular weight is 500 g/mol. The van der Waals surface area contributed by atoms with Gasteiger partial charge in [-0.05, 0) is 42.7 Å². The fourth-order valence-electron chi connectivity index (χ4n) is 3.52. The Morgan fingerprint density at radius 1 is 1.23 bits per heavy atom. The first-order chi connectivity index (χ1) is 17.0. The van der Waals surface area contributed by atoms with Crippen molar-refractivity contribution in [1.82, 2.24) is 15.6 Å². The molecule has 35 heavy (non-hydrogen) atoms. The zero-order valence-electron chi connectivity index (χ0n) is 18.9. The highest BCUT2D eigenvalue weighted by Gasteiger charge is 2.21. The number of carboxylic acids is 1. The third kappa shape index (κ3) is 6.86. The summed E-state index contributed by atoms with van der Waals surface area (Å²) in [5.74, 6) is 0.0320. The van der Waals surface area contributed by atoms with E-state index in [9.17, 15) is 14.7 Å². The molecule has 0 saturated carbocycles. The van der Waals surface area contributed by atoms with E-state index in [1.807, 2.05) is 0 Å². The molecule has 1 amide bonds. The number of hydrogen-bond acceptors (Lipinski definition) is 8. The van der Waals surface area contributed by atoms with Crippen molar-refractivity contribution in [2.45, 2.75) is 31.7 Å². The molecule has 0 saturated heterocycles. The Morgan fingerprint density at radius 2 is 2.06 bits per heavy atom. The van der Waals surface area contributed by atoms with Crippen molar-refractivity contribution in [3.05, 3.63) is 53.1 Å². The van der Waals surface area contributed by atoms with E-state index >= 15 is 0 Å². The summed E-state index contributed by atoms with van der Waals surface area (Å²) in [5.41, 5.74) is 1.74. The first kappa shape index (κ1) is 24.3. The number of nitrogens with zero attached hydrogens (tertiary/aromatic N) is 2. The first-order valence-electron chi connectivity index (χ1n) is 11.3. The minimum Gasteiger partial charge on any atom is -0.494 e. The number of aromatic nitrogens is 1. The standard InChI is InChI=1S/C24H26ClN5O5/c25-17-4-1-5-18-21(17)35-24(28-18)29-19(22(32)33)14-15-7-9-16(10-8-15)34-13-2-6-20(31)30-23-26-11-3-12-27-23/h1,4-5,7-10,19H,2-3,6,11-14H2,(H,28,29)(H,32,33)(H2,26,27,30,31)/t19-/m0/s1. The number of halogens is 1. The molecule has 1 aliphatic heterocycles. The highest BCUT2D eigenvalue weighted by molar-refractivity contribution is 6.34. The fraction of sp³-hybridized carbons (Fsp3) is 0.333. The first-order valence-corrected chi connectivity index (χ1v) is 11.7. The molecule has 184 valence electrons. The van der Waals surface area contributed by atoms with Gasteiger partial charge in [0.25, 0.3) is 6.01 Å². The van der Waals surface area contributed by atoms with Crippen LogP contribution in [0, 0.1) is 0 Å². The van der Waals surface area contributed by atoms with Gasteiger partial charge >= 0.3 is 5.97 Å². The number of carboxylic acid groups (broad SMARTS) is 1. The molecule has 1 atom stereocenters. The van der Waals surface area contributed by atoms with Crippen molar-refractivity contribution in [1.29, 1.82) is 0 Å². The summed E-state index contributed by atoms with van der Waals surface area (Å²) in [5, 5.41) is 18.7. The molecule has 3 aromatic rings. The summed E-state index contributed by atoms with van der Waals surface area (Å²) in [6.07, 6.45) is 2.06. The van der Waals surface area contributed by atoms with Crippen LogP contribution in [0.25, 0.3) is 11.1 Å². The fourth-order valence-corrected chi connectivity index (χ4v) is 3.73. The molecule has 4 N–H and O–H groups in total. The van der Waals surface area contributed by atoms with Crippen molar-refractivity contribution in [3.8, 4) is 5.75 Å². The molecule has 0 spiro atoms. The average Bonchev–Trinajstić information content (AvgIpc) is 3.27. The van der Waals surface area contributed by atoms with Crippen LogP contribution in [-0.4, -0.2) is 53.7 Å². The lowest BCUT2D eigenvalue weighted by molar-refractivity contribution is -0.138. The van der Waals surface area contributed by atoms with Crippen LogP contribution in [-0.2, 0) is 16.0 Å². The predicted octanol–water partition coefficient (Wildman–Crippen LogP) is 3.21. The summed E-state index contributed by atoms with van der Waals surface area (Å²) in [6.45, 7) is 1.91. The Kier molecular flexibility index (Phi) is 8.04. The van der Waals surface area contributed by atoms with E-state index in [0.29, 0.717) is 47.3 Å². The molecule has 10 nitrogen and oxygen atoms in total. The third-order valence-corrected chi connectivity index (χ3v) is 5.60. The lowest BCUT2D eigenvalue weighted by Gasteiger charge is -2.15. The Hall–Kier alpha value is -3.79. The zero-order chi connectivity index (χ0) is 24.6. The molecule has 0 bridgehead atoms. The van der Waals surface area contributed by atoms with Crippen LogP contribution in [0.3, 0.4) is 0 Å². The summed E-state index contributed by atoms with van der Waals surface area (Å²) in [7, 11) is 0. The molecule has 0 fully saturated rings. The van der Waals surface area contributed by atoms with Gasteiger partial charge in [0.2, 0.25) is 5.91 Å². The Bertz CT molecular complexity index is 1210. The molecule has 4 rings (SSSR count). The molecule has 1 aliphatic rings. The number of para-hydroxylation sites is 1. The van der Waals surface area contributed by atoms with Crippen LogP contribution < -0.4 is 20.7 Å². The molecule has 1 aromatic heterocycles. The molecule has 0 aliphatic carbocycles. The van der Waals surface area contributed by atoms with Crippen LogP contribution in [0.5, 0.6) is 5.75 Å². The van der Waals surface area contributed by atoms with E-state index in [0.717, 1.165) is 25.1 Å². The topological polar surface area (TPSA) is 138 Å². The van der Waals surface area contributed by atoms with E-state index < -0.39 is 12.0 Å². The van der Waals surface area contributed by atoms with Crippen LogP contribution >= 0.6 is 11.6 Å². The lowest BCUT2D eigenvalue weighted by atomic mass is 10.1. The largest absolute Gasteiger partial charge is 0.494 e. The van der Waals surface area contributed by atoms with Gasteiger partial charge in [0, 0.05) is 25.9 Å². The van der Waals surface area contributed by atoms with Crippen LogP contribution in [0.1, 0.15) is 24.8 Å². The maximum Gasteiger partial charge on any atom is 0.326 e. The van der Waals surface area contributed by atoms with Crippen molar-refractivity contribution in [3.63, 3.8) is 0 Å². The SMILES string of the molecule is O=C(CCCOc1ccc(C[C@H](Nc2nc3cccc(Cl)c3o2)C(=O)O)cc1)NC1=NCCCN1. The number of benzene rings is 2. The minimum absolute atomic E-state index is 0.0934. The number of rotatable bonds is 10. The van der Waals surface area contributed by atoms with E-state index in [1.165, 1.54) is 0 Å². The molecular weight excluding hydrogens is 474 g/mol. The molecule has 11 heteroatoms. The van der Waals surface area contributed by atoms with Gasteiger partial charge in [-0.2, -0.15) is 4.98 Å². The van der Waals surface area contributed by atoms with E-state index in [4.69, 9.17) is 20.8 Å². The predicted molar refractivity (Wildman–Crippen MR) is 132 cm³/mol. The normalized spacial score (nSPS) is 14.0. The lowest BCUT2D eigenvalue weighted by Crippen LogP contribution is -2.43. The number of nitrogens with one attached hydrogen (secondary N) is 3. The summed E-state index contributed by atoms with van der Waals surface area (Å²) >= 11 is 6.10. The molecular formula is C24H26ClN5O5. The van der Waals surface area contributed by atoms with Crippen molar-refractivity contribution < 1.29 is 23.8 Å². The Morgan fingerprint density at radius 3 is 2.77 bits per heavy atom. The zero-order valence-corrected chi connectivity index (χ0v) is 19.7. The van der Waals surface area contributed by atoms with Crippen molar-refractivity contribution in [2.75, 3.05) is 25.0 Å². The number of fused-ring (bicyclic) bond motifs is 1. The maximum atomic E-state index is 12.0. The van der Waals surface area contributed by atoms with Gasteiger partial charge in [-0.1, -0.05) is 29.8 Å². The van der Waals surface area contributed by atoms with Gasteiger partial charge in [-0.15, -0.1) is 0 Å².